The molecule has 1 unspecified atom stereocenters. The van der Waals surface area contributed by atoms with Gasteiger partial charge in [-0.25, -0.2) is 0 Å². The molecule has 0 aliphatic carbocycles. The van der Waals surface area contributed by atoms with E-state index in [1.807, 2.05) is 30.6 Å². The average Bonchev–Trinajstić information content (AvgIpc) is 3.07. The first-order valence-corrected chi connectivity index (χ1v) is 9.86. The van der Waals surface area contributed by atoms with E-state index in [4.69, 9.17) is 11.6 Å². The quantitative estimate of drug-likeness (QED) is 0.408. The number of halogens is 1. The third kappa shape index (κ3) is 3.68. The third-order valence-corrected chi connectivity index (χ3v) is 5.29. The van der Waals surface area contributed by atoms with E-state index in [1.54, 1.807) is 0 Å². The minimum absolute atomic E-state index is 0.373. The first-order valence-electron chi connectivity index (χ1n) is 9.48. The standard InChI is InChI=1S/C24H24ClN3/c1-17(15-27(2)3)28-16-23(22-9-4-5-10-24(22)28)20-11-19(13-26-14-20)18-7-6-8-21(25)12-18/h4-14,16-17H,15H2,1-3H3. The minimum Gasteiger partial charge on any atom is -0.343 e. The van der Waals surface area contributed by atoms with Crippen LogP contribution in [0.2, 0.25) is 5.02 Å². The highest BCUT2D eigenvalue weighted by atomic mass is 35.5. The van der Waals surface area contributed by atoms with E-state index in [2.05, 4.69) is 78.1 Å². The maximum atomic E-state index is 6.18. The van der Waals surface area contributed by atoms with Crippen LogP contribution in [0.25, 0.3) is 33.2 Å². The molecule has 0 saturated carbocycles. The van der Waals surface area contributed by atoms with E-state index in [1.165, 1.54) is 16.5 Å². The summed E-state index contributed by atoms with van der Waals surface area (Å²) in [5.74, 6) is 0. The molecule has 0 spiro atoms. The van der Waals surface area contributed by atoms with Crippen molar-refractivity contribution in [2.45, 2.75) is 13.0 Å². The van der Waals surface area contributed by atoms with Gasteiger partial charge >= 0.3 is 0 Å². The molecule has 0 saturated heterocycles. The molecule has 0 amide bonds. The van der Waals surface area contributed by atoms with Crippen molar-refractivity contribution < 1.29 is 0 Å². The summed E-state index contributed by atoms with van der Waals surface area (Å²) in [4.78, 5) is 6.74. The average molecular weight is 390 g/mol. The second kappa shape index (κ2) is 7.78. The lowest BCUT2D eigenvalue weighted by Crippen LogP contribution is -2.21. The number of rotatable bonds is 5. The summed E-state index contributed by atoms with van der Waals surface area (Å²) in [6.45, 7) is 3.25. The predicted molar refractivity (Wildman–Crippen MR) is 119 cm³/mol. The van der Waals surface area contributed by atoms with Gasteiger partial charge in [-0.3, -0.25) is 4.98 Å². The number of nitrogens with zero attached hydrogens (tertiary/aromatic N) is 3. The largest absolute Gasteiger partial charge is 0.343 e. The maximum Gasteiger partial charge on any atom is 0.0489 e. The van der Waals surface area contributed by atoms with Crippen LogP contribution in [-0.2, 0) is 0 Å². The highest BCUT2D eigenvalue weighted by Crippen LogP contribution is 2.34. The lowest BCUT2D eigenvalue weighted by molar-refractivity contribution is 0.341. The summed E-state index contributed by atoms with van der Waals surface area (Å²) >= 11 is 6.18. The molecule has 2 aromatic carbocycles. The van der Waals surface area contributed by atoms with E-state index in [0.717, 1.165) is 28.3 Å². The molecule has 0 aliphatic rings. The third-order valence-electron chi connectivity index (χ3n) is 5.05. The van der Waals surface area contributed by atoms with Crippen LogP contribution in [0.15, 0.2) is 73.2 Å². The van der Waals surface area contributed by atoms with Gasteiger partial charge in [-0.2, -0.15) is 0 Å². The van der Waals surface area contributed by atoms with Crippen molar-refractivity contribution in [3.8, 4) is 22.3 Å². The Bertz CT molecular complexity index is 1110. The Morgan fingerprint density at radius 3 is 2.54 bits per heavy atom. The van der Waals surface area contributed by atoms with Gasteiger partial charge in [0.05, 0.1) is 0 Å². The summed E-state index contributed by atoms with van der Waals surface area (Å²) in [6, 6.07) is 19.1. The highest BCUT2D eigenvalue weighted by Gasteiger charge is 2.15. The summed E-state index contributed by atoms with van der Waals surface area (Å²) in [7, 11) is 4.23. The molecule has 0 bridgehead atoms. The molecule has 2 heterocycles. The lowest BCUT2D eigenvalue weighted by Gasteiger charge is -2.19. The molecule has 0 fully saturated rings. The van der Waals surface area contributed by atoms with Gasteiger partial charge < -0.3 is 9.47 Å². The molecular weight excluding hydrogens is 366 g/mol. The molecule has 0 radical (unpaired) electrons. The van der Waals surface area contributed by atoms with Crippen molar-refractivity contribution >= 4 is 22.5 Å². The van der Waals surface area contributed by atoms with Gasteiger partial charge in [0, 0.05) is 63.8 Å². The van der Waals surface area contributed by atoms with E-state index >= 15 is 0 Å². The van der Waals surface area contributed by atoms with Crippen molar-refractivity contribution in [2.75, 3.05) is 20.6 Å². The Hall–Kier alpha value is -2.62. The van der Waals surface area contributed by atoms with Crippen LogP contribution in [0.4, 0.5) is 0 Å². The molecule has 1 atom stereocenters. The van der Waals surface area contributed by atoms with Crippen molar-refractivity contribution in [1.82, 2.24) is 14.5 Å². The van der Waals surface area contributed by atoms with Crippen LogP contribution < -0.4 is 0 Å². The number of likely N-dealkylation sites (N-methyl/N-ethyl adjacent to an activating group) is 1. The van der Waals surface area contributed by atoms with Gasteiger partial charge in [-0.15, -0.1) is 0 Å². The van der Waals surface area contributed by atoms with Gasteiger partial charge in [-0.1, -0.05) is 41.9 Å². The number of pyridine rings is 1. The second-order valence-corrected chi connectivity index (χ2v) is 7.99. The zero-order valence-corrected chi connectivity index (χ0v) is 17.2. The summed E-state index contributed by atoms with van der Waals surface area (Å²) < 4.78 is 2.37. The Kier molecular flexibility index (Phi) is 5.21. The fraction of sp³-hybridized carbons (Fsp3) is 0.208. The van der Waals surface area contributed by atoms with E-state index < -0.39 is 0 Å². The zero-order chi connectivity index (χ0) is 19.7. The van der Waals surface area contributed by atoms with Gasteiger partial charge in [0.25, 0.3) is 0 Å². The molecule has 2 aromatic heterocycles. The fourth-order valence-electron chi connectivity index (χ4n) is 3.83. The van der Waals surface area contributed by atoms with Gasteiger partial charge in [0.15, 0.2) is 0 Å². The molecule has 4 aromatic rings. The molecule has 3 nitrogen and oxygen atoms in total. The molecule has 0 aliphatic heterocycles. The van der Waals surface area contributed by atoms with Crippen LogP contribution in [0.1, 0.15) is 13.0 Å². The first-order chi connectivity index (χ1) is 13.5. The molecule has 28 heavy (non-hydrogen) atoms. The lowest BCUT2D eigenvalue weighted by atomic mass is 10.0. The summed E-state index contributed by atoms with van der Waals surface area (Å²) in [5, 5.41) is 1.98. The van der Waals surface area contributed by atoms with Gasteiger partial charge in [0.2, 0.25) is 0 Å². The number of benzene rings is 2. The van der Waals surface area contributed by atoms with Crippen LogP contribution in [0.3, 0.4) is 0 Å². The molecule has 4 rings (SSSR count). The van der Waals surface area contributed by atoms with Crippen molar-refractivity contribution in [3.05, 3.63) is 78.2 Å². The summed E-state index contributed by atoms with van der Waals surface area (Å²) in [5.41, 5.74) is 5.71. The smallest absolute Gasteiger partial charge is 0.0489 e. The monoisotopic (exact) mass is 389 g/mol. The van der Waals surface area contributed by atoms with E-state index in [0.29, 0.717) is 6.04 Å². The Labute approximate surface area is 171 Å². The van der Waals surface area contributed by atoms with Crippen LogP contribution in [-0.4, -0.2) is 35.1 Å². The predicted octanol–water partition coefficient (Wildman–Crippen LogP) is 6.15. The SMILES string of the molecule is CC(CN(C)C)n1cc(-c2cncc(-c3cccc(Cl)c3)c2)c2ccccc21. The van der Waals surface area contributed by atoms with Crippen molar-refractivity contribution in [1.29, 1.82) is 0 Å². The Morgan fingerprint density at radius 2 is 1.75 bits per heavy atom. The molecular formula is C24H24ClN3. The molecule has 0 N–H and O–H groups in total. The van der Waals surface area contributed by atoms with Crippen molar-refractivity contribution in [2.24, 2.45) is 0 Å². The van der Waals surface area contributed by atoms with Gasteiger partial charge in [0.1, 0.15) is 0 Å². The summed E-state index contributed by atoms with van der Waals surface area (Å²) in [6.07, 6.45) is 6.09. The molecule has 4 heteroatoms. The van der Waals surface area contributed by atoms with Crippen LogP contribution >= 0.6 is 11.6 Å². The number of aromatic nitrogens is 2. The minimum atomic E-state index is 0.373. The van der Waals surface area contributed by atoms with Crippen LogP contribution in [0.5, 0.6) is 0 Å². The van der Waals surface area contributed by atoms with E-state index in [-0.39, 0.29) is 0 Å². The van der Waals surface area contributed by atoms with Crippen LogP contribution in [0, 0.1) is 0 Å². The fourth-order valence-corrected chi connectivity index (χ4v) is 4.02. The van der Waals surface area contributed by atoms with Gasteiger partial charge in [-0.05, 0) is 50.8 Å². The Morgan fingerprint density at radius 1 is 0.964 bits per heavy atom. The number of fused-ring (bicyclic) bond motifs is 1. The number of para-hydroxylation sites is 1. The highest BCUT2D eigenvalue weighted by molar-refractivity contribution is 6.30. The maximum absolute atomic E-state index is 6.18. The van der Waals surface area contributed by atoms with E-state index in [9.17, 15) is 0 Å². The first kappa shape index (κ1) is 18.7. The molecule has 142 valence electrons. The number of hydrogen-bond donors (Lipinski definition) is 0. The normalized spacial score (nSPS) is 12.6. The van der Waals surface area contributed by atoms with Crippen molar-refractivity contribution in [3.63, 3.8) is 0 Å². The second-order valence-electron chi connectivity index (χ2n) is 7.55. The topological polar surface area (TPSA) is 21.1 Å². The zero-order valence-electron chi connectivity index (χ0n) is 16.4. The Balaban J connectivity index is 1.83. The number of hydrogen-bond acceptors (Lipinski definition) is 2.